The van der Waals surface area contributed by atoms with Gasteiger partial charge in [-0.1, -0.05) is 0 Å². The number of aromatic nitrogens is 2. The number of likely N-dealkylation sites (N-methyl/N-ethyl adjacent to an activating group) is 1. The molecule has 1 aromatic rings. The predicted molar refractivity (Wildman–Crippen MR) is 71.1 cm³/mol. The number of nitrogens with two attached hydrogens (primary N) is 1. The molecule has 5 heteroatoms. The summed E-state index contributed by atoms with van der Waals surface area (Å²) in [6, 6.07) is 0. The van der Waals surface area contributed by atoms with Crippen molar-refractivity contribution in [3.8, 4) is 0 Å². The van der Waals surface area contributed by atoms with Crippen LogP contribution in [0.2, 0.25) is 0 Å². The average molecular weight is 252 g/mol. The number of nitrogens with zero attached hydrogens (tertiary/aromatic N) is 3. The van der Waals surface area contributed by atoms with E-state index in [4.69, 9.17) is 10.5 Å². The summed E-state index contributed by atoms with van der Waals surface area (Å²) in [6.45, 7) is 4.34. The van der Waals surface area contributed by atoms with Crippen LogP contribution in [0.25, 0.3) is 0 Å². The highest BCUT2D eigenvalue weighted by Gasteiger charge is 2.46. The first kappa shape index (κ1) is 13.5. The molecule has 1 aromatic heterocycles. The van der Waals surface area contributed by atoms with Gasteiger partial charge in [0, 0.05) is 38.1 Å². The second-order valence-electron chi connectivity index (χ2n) is 5.22. The van der Waals surface area contributed by atoms with Gasteiger partial charge in [0.05, 0.1) is 12.6 Å². The molecule has 0 atom stereocenters. The van der Waals surface area contributed by atoms with Gasteiger partial charge >= 0.3 is 0 Å². The molecule has 0 unspecified atom stereocenters. The summed E-state index contributed by atoms with van der Waals surface area (Å²) < 4.78 is 7.70. The van der Waals surface area contributed by atoms with E-state index in [0.29, 0.717) is 12.6 Å². The minimum absolute atomic E-state index is 0.0891. The topological polar surface area (TPSA) is 56.3 Å². The van der Waals surface area contributed by atoms with Gasteiger partial charge in [0.1, 0.15) is 5.82 Å². The highest BCUT2D eigenvalue weighted by Crippen LogP contribution is 2.38. The second kappa shape index (κ2) is 5.38. The number of ether oxygens (including phenoxy) is 1. The van der Waals surface area contributed by atoms with E-state index in [1.165, 1.54) is 0 Å². The Morgan fingerprint density at radius 2 is 2.33 bits per heavy atom. The monoisotopic (exact) mass is 252 g/mol. The fourth-order valence-corrected chi connectivity index (χ4v) is 2.70. The number of hydrogen-bond acceptors (Lipinski definition) is 4. The van der Waals surface area contributed by atoms with Gasteiger partial charge in [0.25, 0.3) is 0 Å². The molecule has 102 valence electrons. The van der Waals surface area contributed by atoms with E-state index in [1.54, 1.807) is 0 Å². The number of imidazole rings is 1. The Labute approximate surface area is 109 Å². The molecule has 2 N–H and O–H groups in total. The van der Waals surface area contributed by atoms with Gasteiger partial charge in [0.15, 0.2) is 0 Å². The minimum Gasteiger partial charge on any atom is -0.378 e. The third-order valence-electron chi connectivity index (χ3n) is 4.11. The van der Waals surface area contributed by atoms with Crippen LogP contribution in [0.15, 0.2) is 12.4 Å². The van der Waals surface area contributed by atoms with Crippen molar-refractivity contribution < 1.29 is 4.74 Å². The maximum Gasteiger partial charge on any atom is 0.122 e. The van der Waals surface area contributed by atoms with Gasteiger partial charge in [-0.05, 0) is 26.8 Å². The van der Waals surface area contributed by atoms with Crippen LogP contribution in [0.1, 0.15) is 25.6 Å². The number of rotatable bonds is 6. The highest BCUT2D eigenvalue weighted by atomic mass is 16.5. The van der Waals surface area contributed by atoms with Crippen LogP contribution in [0.3, 0.4) is 0 Å². The predicted octanol–water partition coefficient (Wildman–Crippen LogP) is 0.748. The van der Waals surface area contributed by atoms with Crippen LogP contribution in [0.4, 0.5) is 0 Å². The molecule has 0 spiro atoms. The molecule has 1 heterocycles. The largest absolute Gasteiger partial charge is 0.378 e. The first-order valence-corrected chi connectivity index (χ1v) is 6.60. The lowest BCUT2D eigenvalue weighted by Gasteiger charge is -2.52. The van der Waals surface area contributed by atoms with E-state index >= 15 is 0 Å². The zero-order valence-electron chi connectivity index (χ0n) is 11.6. The summed E-state index contributed by atoms with van der Waals surface area (Å²) >= 11 is 0. The molecular formula is C13H24N4O. The molecule has 0 aliphatic heterocycles. The fraction of sp³-hybridized carbons (Fsp3) is 0.769. The number of aryl methyl sites for hydroxylation is 1. The Hall–Kier alpha value is -0.910. The summed E-state index contributed by atoms with van der Waals surface area (Å²) in [7, 11) is 4.15. The van der Waals surface area contributed by atoms with Crippen molar-refractivity contribution in [2.45, 2.75) is 38.0 Å². The van der Waals surface area contributed by atoms with Crippen molar-refractivity contribution in [2.24, 2.45) is 12.8 Å². The molecule has 1 aliphatic carbocycles. The molecule has 5 nitrogen and oxygen atoms in total. The smallest absolute Gasteiger partial charge is 0.122 e. The molecule has 0 bridgehead atoms. The van der Waals surface area contributed by atoms with Gasteiger partial charge in [-0.2, -0.15) is 0 Å². The molecule has 0 saturated heterocycles. The summed E-state index contributed by atoms with van der Waals surface area (Å²) in [5, 5.41) is 0. The maximum atomic E-state index is 5.97. The molecule has 1 saturated carbocycles. The summed E-state index contributed by atoms with van der Waals surface area (Å²) in [5.74, 6) is 1.07. The van der Waals surface area contributed by atoms with Crippen molar-refractivity contribution >= 4 is 0 Å². The summed E-state index contributed by atoms with van der Waals surface area (Å²) in [4.78, 5) is 6.69. The van der Waals surface area contributed by atoms with Crippen LogP contribution in [-0.2, 0) is 18.3 Å². The van der Waals surface area contributed by atoms with Crippen molar-refractivity contribution in [1.82, 2.24) is 14.5 Å². The van der Waals surface area contributed by atoms with Crippen LogP contribution in [0.5, 0.6) is 0 Å². The van der Waals surface area contributed by atoms with E-state index in [9.17, 15) is 0 Å². The van der Waals surface area contributed by atoms with Crippen LogP contribution in [0, 0.1) is 0 Å². The standard InChI is InChI=1S/C13H24N4O/c1-4-18-11-7-13(8-11,10-14)17(3)9-12-15-5-6-16(12)2/h5-6,11H,4,7-10,14H2,1-3H3. The molecule has 18 heavy (non-hydrogen) atoms. The Bertz CT molecular complexity index is 384. The molecular weight excluding hydrogens is 228 g/mol. The highest BCUT2D eigenvalue weighted by molar-refractivity contribution is 5.05. The lowest BCUT2D eigenvalue weighted by Crippen LogP contribution is -2.62. The van der Waals surface area contributed by atoms with Crippen LogP contribution >= 0.6 is 0 Å². The summed E-state index contributed by atoms with van der Waals surface area (Å²) in [6.07, 6.45) is 6.24. The zero-order chi connectivity index (χ0) is 13.2. The van der Waals surface area contributed by atoms with Gasteiger partial charge in [0.2, 0.25) is 0 Å². The van der Waals surface area contributed by atoms with Crippen molar-refractivity contribution in [3.63, 3.8) is 0 Å². The van der Waals surface area contributed by atoms with Crippen molar-refractivity contribution in [2.75, 3.05) is 20.2 Å². The molecule has 1 fully saturated rings. The van der Waals surface area contributed by atoms with Gasteiger partial charge in [-0.25, -0.2) is 4.98 Å². The molecule has 0 radical (unpaired) electrons. The van der Waals surface area contributed by atoms with Crippen LogP contribution in [-0.4, -0.2) is 46.3 Å². The Morgan fingerprint density at radius 1 is 1.61 bits per heavy atom. The molecule has 2 rings (SSSR count). The average Bonchev–Trinajstić information content (AvgIpc) is 2.69. The molecule has 0 aromatic carbocycles. The van der Waals surface area contributed by atoms with E-state index in [2.05, 4.69) is 21.5 Å². The Balaban J connectivity index is 1.95. The van der Waals surface area contributed by atoms with E-state index in [-0.39, 0.29) is 5.54 Å². The van der Waals surface area contributed by atoms with Crippen molar-refractivity contribution in [1.29, 1.82) is 0 Å². The van der Waals surface area contributed by atoms with E-state index in [0.717, 1.165) is 31.8 Å². The van der Waals surface area contributed by atoms with E-state index < -0.39 is 0 Å². The van der Waals surface area contributed by atoms with Crippen molar-refractivity contribution in [3.05, 3.63) is 18.2 Å². The molecule has 1 aliphatic rings. The SMILES string of the molecule is CCOC1CC(CN)(N(C)Cc2nccn2C)C1. The summed E-state index contributed by atoms with van der Waals surface area (Å²) in [5.41, 5.74) is 6.06. The Kier molecular flexibility index (Phi) is 4.04. The van der Waals surface area contributed by atoms with Gasteiger partial charge < -0.3 is 15.0 Å². The molecule has 0 amide bonds. The first-order valence-electron chi connectivity index (χ1n) is 6.60. The quantitative estimate of drug-likeness (QED) is 0.811. The van der Waals surface area contributed by atoms with Gasteiger partial charge in [-0.3, -0.25) is 4.90 Å². The number of hydrogen-bond donors (Lipinski definition) is 1. The third kappa shape index (κ3) is 2.43. The Morgan fingerprint density at radius 3 is 2.83 bits per heavy atom. The zero-order valence-corrected chi connectivity index (χ0v) is 11.6. The fourth-order valence-electron chi connectivity index (χ4n) is 2.70. The second-order valence-corrected chi connectivity index (χ2v) is 5.22. The maximum absolute atomic E-state index is 5.97. The lowest BCUT2D eigenvalue weighted by molar-refractivity contribution is -0.0955. The van der Waals surface area contributed by atoms with Gasteiger partial charge in [-0.15, -0.1) is 0 Å². The third-order valence-corrected chi connectivity index (χ3v) is 4.11. The van der Waals surface area contributed by atoms with E-state index in [1.807, 2.05) is 26.4 Å². The normalized spacial score (nSPS) is 27.5. The lowest BCUT2D eigenvalue weighted by atomic mass is 9.73. The first-order chi connectivity index (χ1) is 8.61. The van der Waals surface area contributed by atoms with Crippen LogP contribution < -0.4 is 5.73 Å². The minimum atomic E-state index is 0.0891.